The molecule has 1 atom stereocenters. The minimum Gasteiger partial charge on any atom is -0.497 e. The highest BCUT2D eigenvalue weighted by atomic mass is 32.2. The maximum atomic E-state index is 12.8. The number of ether oxygens (including phenoxy) is 2. The first-order chi connectivity index (χ1) is 21.0. The van der Waals surface area contributed by atoms with E-state index in [0.29, 0.717) is 44.0 Å². The second-order valence-electron chi connectivity index (χ2n) is 10.7. The summed E-state index contributed by atoms with van der Waals surface area (Å²) in [5.41, 5.74) is -0.839. The fourth-order valence-corrected chi connectivity index (χ4v) is 6.09. The Labute approximate surface area is 254 Å². The van der Waals surface area contributed by atoms with E-state index in [1.807, 2.05) is 48.6 Å². The number of sulfonamides is 1. The molecule has 2 aromatic heterocycles. The molecule has 1 N–H and O–H groups in total. The van der Waals surface area contributed by atoms with Crippen LogP contribution in [-0.2, 0) is 17.1 Å². The Morgan fingerprint density at radius 2 is 1.77 bits per heavy atom. The zero-order valence-electron chi connectivity index (χ0n) is 24.7. The molecule has 14 heteroatoms. The van der Waals surface area contributed by atoms with Crippen molar-refractivity contribution < 1.29 is 31.1 Å². The molecule has 4 aromatic rings. The molecule has 0 spiro atoms. The van der Waals surface area contributed by atoms with Gasteiger partial charge >= 0.3 is 15.5 Å². The Kier molecular flexibility index (Phi) is 9.32. The van der Waals surface area contributed by atoms with Crippen LogP contribution in [0.2, 0.25) is 0 Å². The van der Waals surface area contributed by atoms with Gasteiger partial charge in [0.2, 0.25) is 0 Å². The third-order valence-corrected chi connectivity index (χ3v) is 8.96. The van der Waals surface area contributed by atoms with Gasteiger partial charge in [0, 0.05) is 91.2 Å². The first-order valence-electron chi connectivity index (χ1n) is 14.2. The zero-order chi connectivity index (χ0) is 31.5. The molecule has 1 aliphatic rings. The van der Waals surface area contributed by atoms with Crippen molar-refractivity contribution in [1.82, 2.24) is 24.4 Å². The number of aryl methyl sites for hydroxylation is 1. The van der Waals surface area contributed by atoms with Gasteiger partial charge in [-0.2, -0.15) is 18.3 Å². The second-order valence-corrected chi connectivity index (χ2v) is 12.5. The molecule has 1 saturated heterocycles. The highest BCUT2D eigenvalue weighted by Gasteiger charge is 2.46. The van der Waals surface area contributed by atoms with Gasteiger partial charge in [-0.1, -0.05) is 0 Å². The molecular formula is C30H35F3N6O4S. The number of nitrogens with zero attached hydrogens (tertiary/aromatic N) is 5. The van der Waals surface area contributed by atoms with E-state index in [4.69, 9.17) is 9.47 Å². The van der Waals surface area contributed by atoms with E-state index in [1.54, 1.807) is 35.9 Å². The number of rotatable bonds is 12. The van der Waals surface area contributed by atoms with E-state index in [2.05, 4.69) is 27.1 Å². The summed E-state index contributed by atoms with van der Waals surface area (Å²) in [7, 11) is -0.344. The van der Waals surface area contributed by atoms with E-state index >= 15 is 0 Å². The lowest BCUT2D eigenvalue weighted by atomic mass is 10.1. The summed E-state index contributed by atoms with van der Waals surface area (Å²) in [6.45, 7) is 1.55. The fourth-order valence-electron chi connectivity index (χ4n) is 5.51. The van der Waals surface area contributed by atoms with Gasteiger partial charge in [-0.05, 0) is 50.1 Å². The number of hydrogen-bond donors (Lipinski definition) is 1. The number of aromatic nitrogens is 3. The topological polar surface area (TPSA) is 102 Å². The highest BCUT2D eigenvalue weighted by Crippen LogP contribution is 2.35. The minimum atomic E-state index is -5.38. The molecule has 236 valence electrons. The molecule has 1 fully saturated rings. The molecule has 1 aliphatic heterocycles. The molecule has 5 rings (SSSR count). The van der Waals surface area contributed by atoms with Crippen LogP contribution in [0.15, 0.2) is 61.1 Å². The number of likely N-dealkylation sites (tertiary alicyclic amines) is 1. The van der Waals surface area contributed by atoms with Gasteiger partial charge in [-0.25, -0.2) is 13.1 Å². The number of fused-ring (bicyclic) bond motifs is 1. The largest absolute Gasteiger partial charge is 0.511 e. The predicted octanol–water partition coefficient (Wildman–Crippen LogP) is 5.08. The number of benzene rings is 2. The number of hydrogen-bond acceptors (Lipinski definition) is 8. The lowest BCUT2D eigenvalue weighted by Gasteiger charge is -2.29. The minimum absolute atomic E-state index is 0.282. The third kappa shape index (κ3) is 7.08. The van der Waals surface area contributed by atoms with Crippen LogP contribution in [0.4, 0.5) is 24.5 Å². The molecule has 0 amide bonds. The Morgan fingerprint density at radius 3 is 2.43 bits per heavy atom. The summed E-state index contributed by atoms with van der Waals surface area (Å²) < 4.78 is 76.1. The smallest absolute Gasteiger partial charge is 0.497 e. The average Bonchev–Trinajstić information content (AvgIpc) is 3.65. The van der Waals surface area contributed by atoms with E-state index in [9.17, 15) is 21.6 Å². The van der Waals surface area contributed by atoms with Gasteiger partial charge < -0.3 is 14.4 Å². The molecule has 1 unspecified atom stereocenters. The maximum absolute atomic E-state index is 12.8. The monoisotopic (exact) mass is 632 g/mol. The van der Waals surface area contributed by atoms with Gasteiger partial charge in [0.15, 0.2) is 0 Å². The number of nitrogens with one attached hydrogen (secondary N) is 1. The van der Waals surface area contributed by atoms with Crippen molar-refractivity contribution in [3.8, 4) is 22.6 Å². The molecule has 2 aromatic carbocycles. The normalized spacial score (nSPS) is 16.0. The Balaban J connectivity index is 1.39. The van der Waals surface area contributed by atoms with Crippen LogP contribution in [0.1, 0.15) is 19.3 Å². The van der Waals surface area contributed by atoms with Crippen molar-refractivity contribution in [1.29, 1.82) is 0 Å². The van der Waals surface area contributed by atoms with Crippen molar-refractivity contribution in [2.75, 3.05) is 45.3 Å². The molecule has 0 radical (unpaired) electrons. The molecule has 44 heavy (non-hydrogen) atoms. The summed E-state index contributed by atoms with van der Waals surface area (Å²) in [6, 6.07) is 13.4. The number of pyridine rings is 1. The van der Waals surface area contributed by atoms with Crippen molar-refractivity contribution in [3.63, 3.8) is 0 Å². The summed E-state index contributed by atoms with van der Waals surface area (Å²) in [5.74, 6) is 1.25. The standard InChI is InChI=1S/C30H35F3N6O4S/c1-37-20-23(18-35-37)22-12-21-13-24(7-8-29(21)34-17-22)39(26-14-27(42-2)16-28(15-26)43-3)11-5-10-38-9-4-6-25(38)19-36-44(40,41)30(31,32)33/h7-8,12-18,20,25,36H,4-6,9-11,19H2,1-3H3. The van der Waals surface area contributed by atoms with Gasteiger partial charge in [-0.15, -0.1) is 0 Å². The van der Waals surface area contributed by atoms with Crippen molar-refractivity contribution in [2.24, 2.45) is 7.05 Å². The van der Waals surface area contributed by atoms with E-state index in [0.717, 1.165) is 39.8 Å². The van der Waals surface area contributed by atoms with Gasteiger partial charge in [0.1, 0.15) is 11.5 Å². The van der Waals surface area contributed by atoms with Crippen molar-refractivity contribution >= 4 is 32.3 Å². The molecule has 0 saturated carbocycles. The Morgan fingerprint density at radius 1 is 1.02 bits per heavy atom. The Bertz CT molecular complexity index is 1690. The summed E-state index contributed by atoms with van der Waals surface area (Å²) in [5, 5.41) is 5.21. The molecule has 10 nitrogen and oxygen atoms in total. The second kappa shape index (κ2) is 13.0. The van der Waals surface area contributed by atoms with Crippen LogP contribution < -0.4 is 19.1 Å². The van der Waals surface area contributed by atoms with Crippen LogP contribution in [-0.4, -0.2) is 80.0 Å². The predicted molar refractivity (Wildman–Crippen MR) is 163 cm³/mol. The highest BCUT2D eigenvalue weighted by molar-refractivity contribution is 7.90. The molecule has 0 aliphatic carbocycles. The fraction of sp³-hybridized carbons (Fsp3) is 0.400. The van der Waals surface area contributed by atoms with Crippen LogP contribution in [0.3, 0.4) is 0 Å². The summed E-state index contributed by atoms with van der Waals surface area (Å²) in [4.78, 5) is 8.83. The lowest BCUT2D eigenvalue weighted by molar-refractivity contribution is -0.0448. The number of methoxy groups -OCH3 is 2. The lowest BCUT2D eigenvalue weighted by Crippen LogP contribution is -2.44. The van der Waals surface area contributed by atoms with Crippen molar-refractivity contribution in [3.05, 3.63) is 61.1 Å². The molecule has 0 bridgehead atoms. The number of anilines is 2. The van der Waals surface area contributed by atoms with Crippen LogP contribution >= 0.6 is 0 Å². The quantitative estimate of drug-likeness (QED) is 0.231. The van der Waals surface area contributed by atoms with E-state index < -0.39 is 15.5 Å². The van der Waals surface area contributed by atoms with Crippen LogP contribution in [0.5, 0.6) is 11.5 Å². The summed E-state index contributed by atoms with van der Waals surface area (Å²) >= 11 is 0. The van der Waals surface area contributed by atoms with Gasteiger partial charge in [0.25, 0.3) is 0 Å². The SMILES string of the molecule is COc1cc(OC)cc(N(CCCN2CCCC2CNS(=O)(=O)C(F)(F)F)c2ccc3ncc(-c4cnn(C)c4)cc3c2)c1. The number of alkyl halides is 3. The van der Waals surface area contributed by atoms with E-state index in [-0.39, 0.29) is 12.6 Å². The first-order valence-corrected chi connectivity index (χ1v) is 15.6. The molecular weight excluding hydrogens is 597 g/mol. The molecule has 3 heterocycles. The van der Waals surface area contributed by atoms with Crippen LogP contribution in [0, 0.1) is 0 Å². The third-order valence-electron chi connectivity index (χ3n) is 7.80. The maximum Gasteiger partial charge on any atom is 0.511 e. The first kappa shape index (κ1) is 31.5. The van der Waals surface area contributed by atoms with Gasteiger partial charge in [0.05, 0.1) is 25.9 Å². The number of halogens is 3. The van der Waals surface area contributed by atoms with Gasteiger partial charge in [-0.3, -0.25) is 14.6 Å². The van der Waals surface area contributed by atoms with Crippen molar-refractivity contribution in [2.45, 2.75) is 30.8 Å². The Hall–Kier alpha value is -3.88. The summed E-state index contributed by atoms with van der Waals surface area (Å²) in [6.07, 6.45) is 7.61. The van der Waals surface area contributed by atoms with E-state index in [1.165, 1.54) is 0 Å². The van der Waals surface area contributed by atoms with Crippen LogP contribution in [0.25, 0.3) is 22.0 Å². The zero-order valence-corrected chi connectivity index (χ0v) is 25.5. The average molecular weight is 633 g/mol.